The summed E-state index contributed by atoms with van der Waals surface area (Å²) in [5, 5.41) is 0. The lowest BCUT2D eigenvalue weighted by molar-refractivity contribution is 0.561. The first kappa shape index (κ1) is 17.7. The van der Waals surface area contributed by atoms with Crippen molar-refractivity contribution in [3.63, 3.8) is 0 Å². The smallest absolute Gasteiger partial charge is 0.144 e. The van der Waals surface area contributed by atoms with Crippen molar-refractivity contribution < 1.29 is 8.94 Å². The van der Waals surface area contributed by atoms with E-state index in [0.29, 0.717) is 5.56 Å². The van der Waals surface area contributed by atoms with E-state index in [1.807, 2.05) is 45.0 Å². The molecule has 2 aromatic carbocycles. The van der Waals surface area contributed by atoms with Crippen molar-refractivity contribution in [2.45, 2.75) is 38.9 Å². The van der Waals surface area contributed by atoms with Gasteiger partial charge in [-0.3, -0.25) is 0 Å². The summed E-state index contributed by atoms with van der Waals surface area (Å²) >= 11 is -1.39. The van der Waals surface area contributed by atoms with E-state index in [1.54, 1.807) is 6.07 Å². The van der Waals surface area contributed by atoms with Gasteiger partial charge in [0.05, 0.1) is 6.21 Å². The van der Waals surface area contributed by atoms with Crippen LogP contribution in [-0.4, -0.2) is 15.5 Å². The largest absolute Gasteiger partial charge is 0.591 e. The maximum absolute atomic E-state index is 14.3. The van der Waals surface area contributed by atoms with E-state index >= 15 is 0 Å². The molecule has 1 unspecified atom stereocenters. The normalized spacial score (nSPS) is 13.5. The molecular formula is C19H22FNOS. The van der Waals surface area contributed by atoms with Crippen LogP contribution in [0.5, 0.6) is 0 Å². The molecule has 2 nitrogen and oxygen atoms in total. The van der Waals surface area contributed by atoms with E-state index in [-0.39, 0.29) is 5.82 Å². The van der Waals surface area contributed by atoms with Gasteiger partial charge >= 0.3 is 0 Å². The van der Waals surface area contributed by atoms with Crippen LogP contribution in [-0.2, 0) is 17.8 Å². The summed E-state index contributed by atoms with van der Waals surface area (Å²) < 4.78 is 29.8. The van der Waals surface area contributed by atoms with Crippen LogP contribution in [0.1, 0.15) is 38.8 Å². The zero-order valence-corrected chi connectivity index (χ0v) is 14.8. The average Bonchev–Trinajstić information content (AvgIpc) is 2.52. The summed E-state index contributed by atoms with van der Waals surface area (Å²) in [7, 11) is 0. The van der Waals surface area contributed by atoms with Crippen molar-refractivity contribution in [2.75, 3.05) is 0 Å². The highest BCUT2D eigenvalue weighted by Crippen LogP contribution is 2.26. The van der Waals surface area contributed by atoms with Crippen molar-refractivity contribution in [1.82, 2.24) is 0 Å². The van der Waals surface area contributed by atoms with Crippen LogP contribution >= 0.6 is 0 Å². The van der Waals surface area contributed by atoms with Gasteiger partial charge in [-0.2, -0.15) is 0 Å². The van der Waals surface area contributed by atoms with E-state index in [1.165, 1.54) is 17.8 Å². The number of nitrogens with zero attached hydrogens (tertiary/aromatic N) is 1. The molecule has 0 radical (unpaired) electrons. The zero-order valence-electron chi connectivity index (χ0n) is 14.0. The predicted octanol–water partition coefficient (Wildman–Crippen LogP) is 4.94. The molecule has 0 saturated carbocycles. The van der Waals surface area contributed by atoms with Crippen LogP contribution in [0, 0.1) is 5.82 Å². The van der Waals surface area contributed by atoms with Gasteiger partial charge in [0.2, 0.25) is 0 Å². The number of benzene rings is 2. The Kier molecular flexibility index (Phi) is 5.60. The van der Waals surface area contributed by atoms with Gasteiger partial charge in [-0.1, -0.05) is 41.7 Å². The molecule has 1 atom stereocenters. The lowest BCUT2D eigenvalue weighted by atomic mass is 9.97. The third-order valence-electron chi connectivity index (χ3n) is 3.52. The Morgan fingerprint density at radius 1 is 1.17 bits per heavy atom. The van der Waals surface area contributed by atoms with Crippen molar-refractivity contribution in [1.29, 1.82) is 0 Å². The van der Waals surface area contributed by atoms with Gasteiger partial charge in [0.1, 0.15) is 21.9 Å². The monoisotopic (exact) mass is 331 g/mol. The van der Waals surface area contributed by atoms with E-state index < -0.39 is 16.1 Å². The lowest BCUT2D eigenvalue weighted by Gasteiger charge is -2.17. The summed E-state index contributed by atoms with van der Waals surface area (Å²) in [5.41, 5.74) is 3.41. The van der Waals surface area contributed by atoms with E-state index in [4.69, 9.17) is 0 Å². The second kappa shape index (κ2) is 7.28. The van der Waals surface area contributed by atoms with Gasteiger partial charge < -0.3 is 4.55 Å². The fourth-order valence-corrected chi connectivity index (χ4v) is 2.70. The molecule has 2 aromatic rings. The molecule has 0 aromatic heterocycles. The Morgan fingerprint density at radius 2 is 1.87 bits per heavy atom. The molecule has 23 heavy (non-hydrogen) atoms. The molecule has 0 aliphatic carbocycles. The molecule has 0 N–H and O–H groups in total. The first-order chi connectivity index (χ1) is 10.8. The number of hydrogen-bond acceptors (Lipinski definition) is 2. The number of aryl methyl sites for hydroxylation is 1. The van der Waals surface area contributed by atoms with Gasteiger partial charge in [-0.05, 0) is 56.0 Å². The summed E-state index contributed by atoms with van der Waals surface area (Å²) in [4.78, 5) is 0. The van der Waals surface area contributed by atoms with Crippen LogP contribution in [0.4, 0.5) is 4.39 Å². The van der Waals surface area contributed by atoms with Gasteiger partial charge in [0.25, 0.3) is 0 Å². The van der Waals surface area contributed by atoms with Crippen LogP contribution in [0.2, 0.25) is 0 Å². The molecule has 0 amide bonds. The standard InChI is InChI=1S/C19H22FNOS/c1-5-14-8-6-7-9-17(14)15-10-11-16(18(20)12-15)13-21-23(22)19(2,3)4/h6-13H,5H2,1-4H3/b21-13+. The van der Waals surface area contributed by atoms with Crippen LogP contribution < -0.4 is 0 Å². The second-order valence-electron chi connectivity index (χ2n) is 6.34. The Balaban J connectivity index is 2.30. The van der Waals surface area contributed by atoms with Gasteiger partial charge in [-0.25, -0.2) is 4.39 Å². The third-order valence-corrected chi connectivity index (χ3v) is 4.87. The highest BCUT2D eigenvalue weighted by Gasteiger charge is 2.25. The molecule has 0 fully saturated rings. The topological polar surface area (TPSA) is 35.4 Å². The number of rotatable bonds is 4. The lowest BCUT2D eigenvalue weighted by Crippen LogP contribution is -2.25. The van der Waals surface area contributed by atoms with Crippen molar-refractivity contribution in [3.8, 4) is 11.1 Å². The predicted molar refractivity (Wildman–Crippen MR) is 96.7 cm³/mol. The minimum absolute atomic E-state index is 0.348. The fraction of sp³-hybridized carbons (Fsp3) is 0.316. The molecule has 0 aliphatic heterocycles. The zero-order chi connectivity index (χ0) is 17.0. The number of hydrogen-bond donors (Lipinski definition) is 0. The summed E-state index contributed by atoms with van der Waals surface area (Å²) in [5.74, 6) is -0.358. The van der Waals surface area contributed by atoms with Gasteiger partial charge in [-0.15, -0.1) is 0 Å². The van der Waals surface area contributed by atoms with E-state index in [0.717, 1.165) is 17.5 Å². The van der Waals surface area contributed by atoms with Crippen LogP contribution in [0.15, 0.2) is 46.9 Å². The van der Waals surface area contributed by atoms with Gasteiger partial charge in [0.15, 0.2) is 0 Å². The first-order valence-electron chi connectivity index (χ1n) is 7.67. The Hall–Kier alpha value is -1.65. The van der Waals surface area contributed by atoms with Crippen molar-refractivity contribution in [3.05, 3.63) is 59.4 Å². The molecule has 2 rings (SSSR count). The summed E-state index contributed by atoms with van der Waals surface area (Å²) in [6, 6.07) is 13.1. The van der Waals surface area contributed by atoms with Crippen molar-refractivity contribution >= 4 is 17.6 Å². The molecule has 0 bridgehead atoms. The minimum atomic E-state index is -1.39. The maximum Gasteiger partial charge on any atom is 0.144 e. The Labute approximate surface area is 140 Å². The maximum atomic E-state index is 14.3. The first-order valence-corrected chi connectivity index (χ1v) is 8.77. The summed E-state index contributed by atoms with van der Waals surface area (Å²) in [6.07, 6.45) is 2.25. The highest BCUT2D eigenvalue weighted by molar-refractivity contribution is 7.91. The third kappa shape index (κ3) is 4.43. The molecular weight excluding hydrogens is 309 g/mol. The fourth-order valence-electron chi connectivity index (χ4n) is 2.17. The van der Waals surface area contributed by atoms with E-state index in [9.17, 15) is 8.94 Å². The number of halogens is 1. The molecule has 0 heterocycles. The second-order valence-corrected chi connectivity index (χ2v) is 8.28. The molecule has 4 heteroatoms. The molecule has 0 saturated heterocycles. The van der Waals surface area contributed by atoms with E-state index in [2.05, 4.69) is 17.4 Å². The van der Waals surface area contributed by atoms with Crippen LogP contribution in [0.3, 0.4) is 0 Å². The average molecular weight is 331 g/mol. The Morgan fingerprint density at radius 3 is 2.48 bits per heavy atom. The summed E-state index contributed by atoms with van der Waals surface area (Å²) in [6.45, 7) is 7.59. The SMILES string of the molecule is CCc1ccccc1-c1ccc(/C=N/[S+]([O-])C(C)(C)C)c(F)c1. The minimum Gasteiger partial charge on any atom is -0.591 e. The molecule has 0 aliphatic rings. The Bertz CT molecular complexity index is 707. The van der Waals surface area contributed by atoms with Crippen LogP contribution in [0.25, 0.3) is 11.1 Å². The molecule has 122 valence electrons. The quantitative estimate of drug-likeness (QED) is 0.577. The van der Waals surface area contributed by atoms with Gasteiger partial charge in [0, 0.05) is 5.56 Å². The highest BCUT2D eigenvalue weighted by atomic mass is 32.2. The molecule has 0 spiro atoms. The van der Waals surface area contributed by atoms with Crippen molar-refractivity contribution in [2.24, 2.45) is 4.40 Å².